The van der Waals surface area contributed by atoms with Crippen molar-refractivity contribution in [1.29, 1.82) is 0 Å². The summed E-state index contributed by atoms with van der Waals surface area (Å²) in [7, 11) is 4.20. The number of aryl methyl sites for hydroxylation is 1. The molecule has 21 heavy (non-hydrogen) atoms. The zero-order valence-electron chi connectivity index (χ0n) is 13.0. The smallest absolute Gasteiger partial charge is 0.110 e. The highest BCUT2D eigenvalue weighted by Crippen LogP contribution is 2.42. The van der Waals surface area contributed by atoms with E-state index in [0.29, 0.717) is 6.04 Å². The topological polar surface area (TPSA) is 28.2 Å². The van der Waals surface area contributed by atoms with Gasteiger partial charge < -0.3 is 10.2 Å². The molecule has 1 saturated carbocycles. The van der Waals surface area contributed by atoms with Crippen LogP contribution in [0.15, 0.2) is 29.6 Å². The lowest BCUT2D eigenvalue weighted by Crippen LogP contribution is -2.24. The molecule has 2 aromatic rings. The molecule has 112 valence electrons. The number of hydrogen-bond acceptors (Lipinski definition) is 4. The van der Waals surface area contributed by atoms with Crippen LogP contribution in [0.4, 0.5) is 5.69 Å². The van der Waals surface area contributed by atoms with E-state index in [-0.39, 0.29) is 0 Å². The summed E-state index contributed by atoms with van der Waals surface area (Å²) >= 11 is 1.79. The maximum Gasteiger partial charge on any atom is 0.110 e. The first kappa shape index (κ1) is 14.5. The van der Waals surface area contributed by atoms with Gasteiger partial charge in [-0.2, -0.15) is 0 Å². The van der Waals surface area contributed by atoms with Crippen LogP contribution in [0.25, 0.3) is 0 Å². The van der Waals surface area contributed by atoms with Crippen molar-refractivity contribution in [2.75, 3.05) is 19.0 Å². The monoisotopic (exact) mass is 301 g/mol. The van der Waals surface area contributed by atoms with E-state index < -0.39 is 0 Å². The maximum absolute atomic E-state index is 4.69. The molecule has 0 saturated heterocycles. The highest BCUT2D eigenvalue weighted by Gasteiger charge is 2.33. The van der Waals surface area contributed by atoms with Gasteiger partial charge in [-0.25, -0.2) is 4.98 Å². The van der Waals surface area contributed by atoms with Crippen LogP contribution < -0.4 is 10.2 Å². The molecule has 3 rings (SSSR count). The quantitative estimate of drug-likeness (QED) is 0.880. The van der Waals surface area contributed by atoms with Crippen LogP contribution in [-0.4, -0.2) is 19.1 Å². The summed E-state index contributed by atoms with van der Waals surface area (Å²) in [6.07, 6.45) is 2.65. The molecule has 4 heteroatoms. The van der Waals surface area contributed by atoms with Crippen molar-refractivity contribution in [3.8, 4) is 0 Å². The van der Waals surface area contributed by atoms with E-state index in [1.54, 1.807) is 11.3 Å². The third-order valence-electron chi connectivity index (χ3n) is 3.98. The lowest BCUT2D eigenvalue weighted by atomic mass is 10.1. The minimum atomic E-state index is 0.416. The number of anilines is 1. The van der Waals surface area contributed by atoms with E-state index in [1.165, 1.54) is 29.1 Å². The Kier molecular flexibility index (Phi) is 4.27. The fourth-order valence-corrected chi connectivity index (χ4v) is 3.68. The molecule has 0 spiro atoms. The number of thiazole rings is 1. The van der Waals surface area contributed by atoms with Gasteiger partial charge in [0.1, 0.15) is 5.01 Å². The van der Waals surface area contributed by atoms with E-state index in [2.05, 4.69) is 65.9 Å². The van der Waals surface area contributed by atoms with Gasteiger partial charge in [0.25, 0.3) is 0 Å². The standard InChI is InChI=1S/C17H23N3S/c1-12-11-21-17(19-12)16(13-8-9-13)18-10-14-6-4-5-7-15(14)20(2)3/h4-7,11,13,16,18H,8-10H2,1-3H3. The Labute approximate surface area is 131 Å². The molecule has 1 aliphatic carbocycles. The molecule has 0 bridgehead atoms. The summed E-state index contributed by atoms with van der Waals surface area (Å²) in [5.41, 5.74) is 3.77. The number of benzene rings is 1. The van der Waals surface area contributed by atoms with Gasteiger partial charge in [-0.3, -0.25) is 0 Å². The zero-order chi connectivity index (χ0) is 14.8. The molecule has 0 aliphatic heterocycles. The third kappa shape index (κ3) is 3.44. The molecule has 1 aromatic carbocycles. The number of para-hydroxylation sites is 1. The van der Waals surface area contributed by atoms with E-state index >= 15 is 0 Å². The first-order valence-corrected chi connectivity index (χ1v) is 8.44. The molecule has 0 radical (unpaired) electrons. The Morgan fingerprint density at radius 2 is 2.10 bits per heavy atom. The molecule has 1 heterocycles. The third-order valence-corrected chi connectivity index (χ3v) is 5.03. The van der Waals surface area contributed by atoms with Crippen molar-refractivity contribution in [2.24, 2.45) is 5.92 Å². The van der Waals surface area contributed by atoms with Gasteiger partial charge in [-0.15, -0.1) is 11.3 Å². The summed E-state index contributed by atoms with van der Waals surface area (Å²) in [5.74, 6) is 0.766. The normalized spacial score (nSPS) is 16.0. The van der Waals surface area contributed by atoms with Crippen molar-refractivity contribution >= 4 is 17.0 Å². The summed E-state index contributed by atoms with van der Waals surface area (Å²) < 4.78 is 0. The van der Waals surface area contributed by atoms with Crippen molar-refractivity contribution in [1.82, 2.24) is 10.3 Å². The van der Waals surface area contributed by atoms with E-state index in [1.807, 2.05) is 0 Å². The number of nitrogens with one attached hydrogen (secondary N) is 1. The second-order valence-electron chi connectivity index (χ2n) is 6.05. The Bertz CT molecular complexity index is 602. The van der Waals surface area contributed by atoms with E-state index in [9.17, 15) is 0 Å². The summed E-state index contributed by atoms with van der Waals surface area (Å²) in [6, 6.07) is 9.01. The number of aromatic nitrogens is 1. The predicted molar refractivity (Wildman–Crippen MR) is 89.9 cm³/mol. The van der Waals surface area contributed by atoms with Crippen LogP contribution in [0.3, 0.4) is 0 Å². The first-order valence-electron chi connectivity index (χ1n) is 7.56. The number of rotatable bonds is 6. The molecule has 1 fully saturated rings. The fourth-order valence-electron chi connectivity index (χ4n) is 2.72. The number of hydrogen-bond donors (Lipinski definition) is 1. The van der Waals surface area contributed by atoms with Crippen molar-refractivity contribution < 1.29 is 0 Å². The zero-order valence-corrected chi connectivity index (χ0v) is 13.8. The van der Waals surface area contributed by atoms with Gasteiger partial charge >= 0.3 is 0 Å². The van der Waals surface area contributed by atoms with Gasteiger partial charge in [0.2, 0.25) is 0 Å². The Balaban J connectivity index is 1.73. The van der Waals surface area contributed by atoms with Gasteiger partial charge in [-0.05, 0) is 37.3 Å². The second-order valence-corrected chi connectivity index (χ2v) is 6.94. The SMILES string of the molecule is Cc1csc(C(NCc2ccccc2N(C)C)C2CC2)n1. The molecule has 1 N–H and O–H groups in total. The summed E-state index contributed by atoms with van der Waals surface area (Å²) in [6.45, 7) is 2.97. The van der Waals surface area contributed by atoms with E-state index in [4.69, 9.17) is 0 Å². The molecule has 1 aromatic heterocycles. The molecule has 0 amide bonds. The Morgan fingerprint density at radius 1 is 1.33 bits per heavy atom. The Hall–Kier alpha value is -1.39. The molecule has 3 nitrogen and oxygen atoms in total. The maximum atomic E-state index is 4.69. The molecule has 1 aliphatic rings. The Morgan fingerprint density at radius 3 is 2.71 bits per heavy atom. The van der Waals surface area contributed by atoms with Gasteiger partial charge in [-0.1, -0.05) is 18.2 Å². The summed E-state index contributed by atoms with van der Waals surface area (Å²) in [5, 5.41) is 7.14. The van der Waals surface area contributed by atoms with Crippen molar-refractivity contribution in [3.05, 3.63) is 45.9 Å². The average Bonchev–Trinajstić information content (AvgIpc) is 3.21. The van der Waals surface area contributed by atoms with Crippen LogP contribution in [-0.2, 0) is 6.54 Å². The second kappa shape index (κ2) is 6.16. The largest absolute Gasteiger partial charge is 0.377 e. The average molecular weight is 301 g/mol. The van der Waals surface area contributed by atoms with Gasteiger partial charge in [0.05, 0.1) is 6.04 Å². The number of nitrogens with zero attached hydrogens (tertiary/aromatic N) is 2. The molecule has 1 atom stereocenters. The minimum Gasteiger partial charge on any atom is -0.377 e. The van der Waals surface area contributed by atoms with Gasteiger partial charge in [0.15, 0.2) is 0 Å². The lowest BCUT2D eigenvalue weighted by Gasteiger charge is -2.20. The van der Waals surface area contributed by atoms with Crippen LogP contribution in [0.1, 0.15) is 35.1 Å². The van der Waals surface area contributed by atoms with Crippen molar-refractivity contribution in [2.45, 2.75) is 32.4 Å². The first-order chi connectivity index (χ1) is 10.1. The fraction of sp³-hybridized carbons (Fsp3) is 0.471. The van der Waals surface area contributed by atoms with Crippen LogP contribution in [0, 0.1) is 12.8 Å². The lowest BCUT2D eigenvalue weighted by molar-refractivity contribution is 0.478. The highest BCUT2D eigenvalue weighted by molar-refractivity contribution is 7.09. The van der Waals surface area contributed by atoms with Crippen LogP contribution >= 0.6 is 11.3 Å². The minimum absolute atomic E-state index is 0.416. The van der Waals surface area contributed by atoms with Gasteiger partial charge in [0, 0.05) is 37.4 Å². The van der Waals surface area contributed by atoms with E-state index in [0.717, 1.165) is 18.2 Å². The molecular formula is C17H23N3S. The molecule has 1 unspecified atom stereocenters. The summed E-state index contributed by atoms with van der Waals surface area (Å²) in [4.78, 5) is 6.86. The van der Waals surface area contributed by atoms with Crippen LogP contribution in [0.5, 0.6) is 0 Å². The molecular weight excluding hydrogens is 278 g/mol. The predicted octanol–water partition coefficient (Wildman–Crippen LogP) is 3.76. The van der Waals surface area contributed by atoms with Crippen LogP contribution in [0.2, 0.25) is 0 Å². The highest BCUT2D eigenvalue weighted by atomic mass is 32.1. The van der Waals surface area contributed by atoms with Crippen molar-refractivity contribution in [3.63, 3.8) is 0 Å².